The van der Waals surface area contributed by atoms with Crippen LogP contribution in [0.25, 0.3) is 0 Å². The Bertz CT molecular complexity index is 663. The van der Waals surface area contributed by atoms with Gasteiger partial charge in [0.05, 0.1) is 36.6 Å². The highest BCUT2D eigenvalue weighted by Crippen LogP contribution is 2.34. The topological polar surface area (TPSA) is 47.5 Å². The van der Waals surface area contributed by atoms with Gasteiger partial charge in [-0.2, -0.15) is 0 Å². The number of hydrogen-bond donors (Lipinski definition) is 0. The Labute approximate surface area is 146 Å². The van der Waals surface area contributed by atoms with Gasteiger partial charge in [-0.15, -0.1) is 11.3 Å². The SMILES string of the molecule is Cc1ncsc1CN1CCO[C@H]2[C@H](OCc3cccnc3)CC[C@@H]21. The van der Waals surface area contributed by atoms with E-state index >= 15 is 0 Å². The first-order valence-corrected chi connectivity index (χ1v) is 9.44. The number of morpholine rings is 1. The zero-order valence-electron chi connectivity index (χ0n) is 13.9. The second kappa shape index (κ2) is 7.27. The summed E-state index contributed by atoms with van der Waals surface area (Å²) in [6, 6.07) is 4.46. The molecule has 1 aliphatic carbocycles. The van der Waals surface area contributed by atoms with Gasteiger partial charge in [0.2, 0.25) is 0 Å². The molecule has 2 aliphatic rings. The lowest BCUT2D eigenvalue weighted by atomic mass is 10.1. The molecule has 0 spiro atoms. The van der Waals surface area contributed by atoms with Crippen molar-refractivity contribution in [3.05, 3.63) is 46.2 Å². The van der Waals surface area contributed by atoms with E-state index in [2.05, 4.69) is 27.9 Å². The van der Waals surface area contributed by atoms with E-state index in [-0.39, 0.29) is 12.2 Å². The monoisotopic (exact) mass is 345 g/mol. The summed E-state index contributed by atoms with van der Waals surface area (Å²) in [6.45, 7) is 5.47. The lowest BCUT2D eigenvalue weighted by molar-refractivity contribution is -0.118. The van der Waals surface area contributed by atoms with Gasteiger partial charge in [-0.3, -0.25) is 9.88 Å². The van der Waals surface area contributed by atoms with Crippen LogP contribution in [-0.4, -0.2) is 46.3 Å². The number of aryl methyl sites for hydroxylation is 1. The van der Waals surface area contributed by atoms with Crippen LogP contribution in [0.15, 0.2) is 30.0 Å². The van der Waals surface area contributed by atoms with Crippen LogP contribution in [0.2, 0.25) is 0 Å². The van der Waals surface area contributed by atoms with E-state index in [1.807, 2.05) is 17.8 Å². The standard InChI is InChI=1S/C18H23N3O2S/c1-13-17(24-12-20-13)10-21-7-8-22-18-15(21)4-5-16(18)23-11-14-3-2-6-19-9-14/h2-3,6,9,12,15-16,18H,4-5,7-8,10-11H2,1H3/t15-,16+,18+/m0/s1. The average Bonchev–Trinajstić information content (AvgIpc) is 3.21. The number of rotatable bonds is 5. The van der Waals surface area contributed by atoms with Crippen LogP contribution < -0.4 is 0 Å². The fraction of sp³-hybridized carbons (Fsp3) is 0.556. The first kappa shape index (κ1) is 16.1. The molecule has 1 saturated heterocycles. The summed E-state index contributed by atoms with van der Waals surface area (Å²) in [7, 11) is 0. The fourth-order valence-electron chi connectivity index (χ4n) is 3.72. The maximum absolute atomic E-state index is 6.16. The largest absolute Gasteiger partial charge is 0.373 e. The number of nitrogens with zero attached hydrogens (tertiary/aromatic N) is 3. The predicted molar refractivity (Wildman–Crippen MR) is 92.8 cm³/mol. The molecule has 4 rings (SSSR count). The summed E-state index contributed by atoms with van der Waals surface area (Å²) in [4.78, 5) is 12.5. The van der Waals surface area contributed by atoms with Crippen LogP contribution in [0.4, 0.5) is 0 Å². The highest BCUT2D eigenvalue weighted by Gasteiger charge is 2.43. The summed E-state index contributed by atoms with van der Waals surface area (Å²) in [5.41, 5.74) is 4.22. The number of fused-ring (bicyclic) bond motifs is 1. The van der Waals surface area contributed by atoms with E-state index in [1.165, 1.54) is 4.88 Å². The van der Waals surface area contributed by atoms with Gasteiger partial charge >= 0.3 is 0 Å². The zero-order valence-corrected chi connectivity index (χ0v) is 14.7. The highest BCUT2D eigenvalue weighted by molar-refractivity contribution is 7.09. The van der Waals surface area contributed by atoms with Gasteiger partial charge in [-0.25, -0.2) is 4.98 Å². The Hall–Kier alpha value is -1.34. The first-order chi connectivity index (χ1) is 11.8. The van der Waals surface area contributed by atoms with Crippen LogP contribution in [-0.2, 0) is 22.6 Å². The van der Waals surface area contributed by atoms with Crippen LogP contribution in [0.5, 0.6) is 0 Å². The van der Waals surface area contributed by atoms with Gasteiger partial charge in [0.1, 0.15) is 0 Å². The van der Waals surface area contributed by atoms with Crippen LogP contribution in [0.1, 0.15) is 29.0 Å². The molecule has 5 nitrogen and oxygen atoms in total. The van der Waals surface area contributed by atoms with Gasteiger partial charge in [-0.1, -0.05) is 6.07 Å². The zero-order chi connectivity index (χ0) is 16.4. The first-order valence-electron chi connectivity index (χ1n) is 8.56. The van der Waals surface area contributed by atoms with Gasteiger partial charge < -0.3 is 9.47 Å². The summed E-state index contributed by atoms with van der Waals surface area (Å²) >= 11 is 1.75. The minimum atomic E-state index is 0.181. The number of ether oxygens (including phenoxy) is 2. The second-order valence-corrected chi connectivity index (χ2v) is 7.46. The van der Waals surface area contributed by atoms with E-state index in [0.717, 1.165) is 43.8 Å². The molecule has 3 heterocycles. The van der Waals surface area contributed by atoms with Gasteiger partial charge in [-0.05, 0) is 31.4 Å². The Morgan fingerprint density at radius 3 is 3.17 bits per heavy atom. The predicted octanol–water partition coefficient (Wildman–Crippen LogP) is 2.80. The third-order valence-electron chi connectivity index (χ3n) is 5.03. The number of hydrogen-bond acceptors (Lipinski definition) is 6. The molecule has 0 radical (unpaired) electrons. The average molecular weight is 345 g/mol. The number of pyridine rings is 1. The molecule has 6 heteroatoms. The normalized spacial score (nSPS) is 27.3. The van der Waals surface area contributed by atoms with Crippen LogP contribution in [0, 0.1) is 6.92 Å². The number of aromatic nitrogens is 2. The number of thiazole rings is 1. The Morgan fingerprint density at radius 1 is 1.42 bits per heavy atom. The summed E-state index contributed by atoms with van der Waals surface area (Å²) < 4.78 is 12.3. The van der Waals surface area contributed by atoms with Crippen molar-refractivity contribution in [1.82, 2.24) is 14.9 Å². The molecular formula is C18H23N3O2S. The minimum Gasteiger partial charge on any atom is -0.373 e. The van der Waals surface area contributed by atoms with Crippen molar-refractivity contribution in [2.75, 3.05) is 13.2 Å². The molecule has 2 fully saturated rings. The van der Waals surface area contributed by atoms with E-state index in [4.69, 9.17) is 9.47 Å². The van der Waals surface area contributed by atoms with E-state index in [9.17, 15) is 0 Å². The summed E-state index contributed by atoms with van der Waals surface area (Å²) in [5, 5.41) is 0. The summed E-state index contributed by atoms with van der Waals surface area (Å²) in [5.74, 6) is 0. The Kier molecular flexibility index (Phi) is 4.89. The van der Waals surface area contributed by atoms with Crippen molar-refractivity contribution >= 4 is 11.3 Å². The molecule has 2 aromatic rings. The molecule has 0 amide bonds. The highest BCUT2D eigenvalue weighted by atomic mass is 32.1. The van der Waals surface area contributed by atoms with Crippen molar-refractivity contribution in [3.63, 3.8) is 0 Å². The lowest BCUT2D eigenvalue weighted by Crippen LogP contribution is -2.51. The fourth-order valence-corrected chi connectivity index (χ4v) is 4.52. The Balaban J connectivity index is 1.38. The maximum Gasteiger partial charge on any atom is 0.0992 e. The van der Waals surface area contributed by atoms with Crippen LogP contribution in [0.3, 0.4) is 0 Å². The van der Waals surface area contributed by atoms with Crippen molar-refractivity contribution in [1.29, 1.82) is 0 Å². The smallest absolute Gasteiger partial charge is 0.0992 e. The van der Waals surface area contributed by atoms with Crippen LogP contribution >= 0.6 is 11.3 Å². The van der Waals surface area contributed by atoms with Gasteiger partial charge in [0.25, 0.3) is 0 Å². The lowest BCUT2D eigenvalue weighted by Gasteiger charge is -2.38. The van der Waals surface area contributed by atoms with Crippen molar-refractivity contribution in [3.8, 4) is 0 Å². The van der Waals surface area contributed by atoms with Crippen molar-refractivity contribution < 1.29 is 9.47 Å². The maximum atomic E-state index is 6.16. The molecule has 0 unspecified atom stereocenters. The van der Waals surface area contributed by atoms with Gasteiger partial charge in [0, 0.05) is 36.4 Å². The summed E-state index contributed by atoms with van der Waals surface area (Å²) in [6.07, 6.45) is 6.23. The molecule has 3 atom stereocenters. The third-order valence-corrected chi connectivity index (χ3v) is 5.95. The second-order valence-electron chi connectivity index (χ2n) is 6.52. The molecule has 1 saturated carbocycles. The Morgan fingerprint density at radius 2 is 2.38 bits per heavy atom. The molecule has 0 aromatic carbocycles. The minimum absolute atomic E-state index is 0.181. The molecule has 1 aliphatic heterocycles. The molecule has 128 valence electrons. The third kappa shape index (κ3) is 3.37. The molecule has 24 heavy (non-hydrogen) atoms. The van der Waals surface area contributed by atoms with E-state index < -0.39 is 0 Å². The van der Waals surface area contributed by atoms with Crippen molar-refractivity contribution in [2.45, 2.75) is 51.2 Å². The molecule has 2 aromatic heterocycles. The van der Waals surface area contributed by atoms with E-state index in [1.54, 1.807) is 17.5 Å². The van der Waals surface area contributed by atoms with Gasteiger partial charge in [0.15, 0.2) is 0 Å². The molecule has 0 bridgehead atoms. The quantitative estimate of drug-likeness (QED) is 0.834. The molecule has 0 N–H and O–H groups in total. The van der Waals surface area contributed by atoms with E-state index in [0.29, 0.717) is 12.6 Å². The van der Waals surface area contributed by atoms with Crippen molar-refractivity contribution in [2.24, 2.45) is 0 Å². The molecular weight excluding hydrogens is 322 g/mol.